The summed E-state index contributed by atoms with van der Waals surface area (Å²) in [5, 5.41) is 3.30. The zero-order valence-electron chi connectivity index (χ0n) is 14.5. The first-order valence-electron chi connectivity index (χ1n) is 8.92. The molecular weight excluding hydrogens is 361 g/mol. The lowest BCUT2D eigenvalue weighted by Crippen LogP contribution is -2.23. The highest BCUT2D eigenvalue weighted by Crippen LogP contribution is 2.58. The quantitative estimate of drug-likeness (QED) is 0.665. The van der Waals surface area contributed by atoms with E-state index in [0.29, 0.717) is 6.54 Å². The maximum absolute atomic E-state index is 13.6. The van der Waals surface area contributed by atoms with Crippen molar-refractivity contribution in [3.05, 3.63) is 83.4 Å². The number of thioether (sulfide) groups is 1. The van der Waals surface area contributed by atoms with Crippen LogP contribution in [0, 0.1) is 0 Å². The van der Waals surface area contributed by atoms with Gasteiger partial charge < -0.3 is 4.74 Å². The van der Waals surface area contributed by atoms with Crippen molar-refractivity contribution >= 4 is 28.9 Å². The Labute approximate surface area is 159 Å². The monoisotopic (exact) mass is 383 g/mol. The van der Waals surface area contributed by atoms with E-state index in [4.69, 9.17) is 4.74 Å². The van der Waals surface area contributed by atoms with Crippen LogP contribution in [-0.2, 0) is 9.30 Å². The van der Waals surface area contributed by atoms with Crippen LogP contribution in [0.25, 0.3) is 9.81 Å². The molecule has 4 rings (SSSR count). The van der Waals surface area contributed by atoms with E-state index in [1.54, 1.807) is 11.8 Å². The van der Waals surface area contributed by atoms with Crippen molar-refractivity contribution in [1.29, 1.82) is 0 Å². The molecule has 1 unspecified atom stereocenters. The van der Waals surface area contributed by atoms with Gasteiger partial charge in [-0.25, -0.2) is 0 Å². The molecule has 5 heteroatoms. The van der Waals surface area contributed by atoms with Gasteiger partial charge in [-0.15, -0.1) is 0 Å². The van der Waals surface area contributed by atoms with Gasteiger partial charge in [0.1, 0.15) is 0 Å². The molecule has 1 saturated heterocycles. The van der Waals surface area contributed by atoms with Gasteiger partial charge in [-0.1, -0.05) is 72.4 Å². The van der Waals surface area contributed by atoms with Crippen LogP contribution >= 0.6 is 19.1 Å². The van der Waals surface area contributed by atoms with E-state index in [9.17, 15) is 4.57 Å². The summed E-state index contributed by atoms with van der Waals surface area (Å²) in [5.41, 5.74) is 2.19. The average molecular weight is 383 g/mol. The first-order valence-corrected chi connectivity index (χ1v) is 11.6. The van der Waals surface area contributed by atoms with Gasteiger partial charge in [0.25, 0.3) is 0 Å². The van der Waals surface area contributed by atoms with Crippen molar-refractivity contribution in [1.82, 2.24) is 5.09 Å². The highest BCUT2D eigenvalue weighted by atomic mass is 32.2. The van der Waals surface area contributed by atoms with Crippen LogP contribution in [0.15, 0.2) is 72.3 Å². The Morgan fingerprint density at radius 3 is 2.04 bits per heavy atom. The Balaban J connectivity index is 1.65. The van der Waals surface area contributed by atoms with E-state index < -0.39 is 7.29 Å². The third-order valence-corrected chi connectivity index (χ3v) is 8.00. The van der Waals surface area contributed by atoms with E-state index in [-0.39, 0.29) is 6.10 Å². The van der Waals surface area contributed by atoms with E-state index in [2.05, 4.69) is 29.4 Å². The first-order chi connectivity index (χ1) is 12.7. The minimum absolute atomic E-state index is 0.164. The molecule has 1 N–H and O–H groups in total. The van der Waals surface area contributed by atoms with Crippen LogP contribution in [0.3, 0.4) is 0 Å². The average Bonchev–Trinajstić information content (AvgIpc) is 3.21. The van der Waals surface area contributed by atoms with Crippen LogP contribution < -0.4 is 5.09 Å². The summed E-state index contributed by atoms with van der Waals surface area (Å²) in [5.74, 6) is 3.82. The Morgan fingerprint density at radius 1 is 0.962 bits per heavy atom. The van der Waals surface area contributed by atoms with Crippen molar-refractivity contribution in [3.63, 3.8) is 0 Å². The lowest BCUT2D eigenvalue weighted by molar-refractivity contribution is 0.114. The SMILES string of the molecule is O=P1(NCC2CCCO2)C=C(c2ccccc2)SC(c2ccccc2)=C1. The minimum atomic E-state index is -2.78. The zero-order chi connectivity index (χ0) is 17.8. The number of nitrogens with one attached hydrogen (secondary N) is 1. The molecule has 0 aromatic heterocycles. The van der Waals surface area contributed by atoms with Crippen molar-refractivity contribution in [3.8, 4) is 0 Å². The van der Waals surface area contributed by atoms with Crippen molar-refractivity contribution in [2.75, 3.05) is 13.2 Å². The van der Waals surface area contributed by atoms with Gasteiger partial charge in [0, 0.05) is 34.6 Å². The molecule has 2 aromatic carbocycles. The molecule has 2 heterocycles. The number of rotatable bonds is 5. The van der Waals surface area contributed by atoms with Gasteiger partial charge in [-0.3, -0.25) is 9.65 Å². The molecule has 0 bridgehead atoms. The fraction of sp³-hybridized carbons (Fsp3) is 0.238. The van der Waals surface area contributed by atoms with Crippen molar-refractivity contribution < 1.29 is 9.30 Å². The second-order valence-electron chi connectivity index (χ2n) is 6.53. The summed E-state index contributed by atoms with van der Waals surface area (Å²) in [6, 6.07) is 20.3. The van der Waals surface area contributed by atoms with Gasteiger partial charge in [-0.05, 0) is 24.0 Å². The third kappa shape index (κ3) is 4.21. The van der Waals surface area contributed by atoms with E-state index >= 15 is 0 Å². The Hall–Kier alpha value is -1.58. The summed E-state index contributed by atoms with van der Waals surface area (Å²) >= 11 is 1.68. The van der Waals surface area contributed by atoms with Gasteiger partial charge in [0.05, 0.1) is 6.10 Å². The predicted molar refractivity (Wildman–Crippen MR) is 111 cm³/mol. The maximum Gasteiger partial charge on any atom is 0.193 e. The highest BCUT2D eigenvalue weighted by molar-refractivity contribution is 8.17. The van der Waals surface area contributed by atoms with Crippen LogP contribution in [0.4, 0.5) is 0 Å². The fourth-order valence-electron chi connectivity index (χ4n) is 3.17. The summed E-state index contributed by atoms with van der Waals surface area (Å²) in [6.45, 7) is 1.43. The normalized spacial score (nSPS) is 21.9. The molecule has 134 valence electrons. The van der Waals surface area contributed by atoms with Gasteiger partial charge >= 0.3 is 0 Å². The molecule has 0 radical (unpaired) electrons. The number of hydrogen-bond acceptors (Lipinski definition) is 3. The summed E-state index contributed by atoms with van der Waals surface area (Å²) in [6.07, 6.45) is 2.28. The second-order valence-corrected chi connectivity index (χ2v) is 9.86. The third-order valence-electron chi connectivity index (χ3n) is 4.54. The second kappa shape index (κ2) is 7.98. The molecular formula is C21H22NO2PS. The fourth-order valence-corrected chi connectivity index (χ4v) is 7.02. The molecule has 26 heavy (non-hydrogen) atoms. The lowest BCUT2D eigenvalue weighted by Gasteiger charge is -2.23. The summed E-state index contributed by atoms with van der Waals surface area (Å²) < 4.78 is 19.3. The Bertz CT molecular complexity index is 799. The molecule has 1 fully saturated rings. The van der Waals surface area contributed by atoms with Crippen LogP contribution in [-0.4, -0.2) is 19.3 Å². The van der Waals surface area contributed by atoms with E-state index in [0.717, 1.165) is 40.4 Å². The molecule has 0 saturated carbocycles. The molecule has 0 amide bonds. The Kier molecular flexibility index (Phi) is 5.46. The van der Waals surface area contributed by atoms with Gasteiger partial charge in [0.15, 0.2) is 7.29 Å². The number of ether oxygens (including phenoxy) is 1. The smallest absolute Gasteiger partial charge is 0.193 e. The van der Waals surface area contributed by atoms with E-state index in [1.807, 2.05) is 48.0 Å². The number of hydrogen-bond donors (Lipinski definition) is 1. The van der Waals surface area contributed by atoms with E-state index in [1.165, 1.54) is 0 Å². The number of benzene rings is 2. The van der Waals surface area contributed by atoms with Gasteiger partial charge in [-0.2, -0.15) is 0 Å². The van der Waals surface area contributed by atoms with Crippen molar-refractivity contribution in [2.24, 2.45) is 0 Å². The van der Waals surface area contributed by atoms with Gasteiger partial charge in [0.2, 0.25) is 0 Å². The standard InChI is InChI=1S/C21H22NO2PS/c23-25(22-14-19-12-7-13-24-19)15-20(17-8-3-1-4-9-17)26-21(16-25)18-10-5-2-6-11-18/h1-6,8-11,15-16,19H,7,12-14H2,(H,22,23). The largest absolute Gasteiger partial charge is 0.377 e. The molecule has 0 aliphatic carbocycles. The maximum atomic E-state index is 13.6. The molecule has 2 aromatic rings. The Morgan fingerprint density at radius 2 is 1.54 bits per heavy atom. The lowest BCUT2D eigenvalue weighted by atomic mass is 10.2. The van der Waals surface area contributed by atoms with Crippen molar-refractivity contribution in [2.45, 2.75) is 18.9 Å². The van der Waals surface area contributed by atoms with Crippen LogP contribution in [0.1, 0.15) is 24.0 Å². The molecule has 3 nitrogen and oxygen atoms in total. The summed E-state index contributed by atoms with van der Waals surface area (Å²) in [4.78, 5) is 2.07. The predicted octanol–water partition coefficient (Wildman–Crippen LogP) is 5.78. The minimum Gasteiger partial charge on any atom is -0.377 e. The first kappa shape index (κ1) is 17.8. The molecule has 2 aliphatic heterocycles. The highest BCUT2D eigenvalue weighted by Gasteiger charge is 2.27. The topological polar surface area (TPSA) is 38.3 Å². The molecule has 1 atom stereocenters. The molecule has 0 spiro atoms. The van der Waals surface area contributed by atoms with Crippen LogP contribution in [0.5, 0.6) is 0 Å². The summed E-state index contributed by atoms with van der Waals surface area (Å²) in [7, 11) is -2.78. The zero-order valence-corrected chi connectivity index (χ0v) is 16.2. The van der Waals surface area contributed by atoms with Crippen LogP contribution in [0.2, 0.25) is 0 Å². The molecule has 2 aliphatic rings.